The number of hydrogen-bond donors (Lipinski definition) is 2. The maximum absolute atomic E-state index is 12.8. The van der Waals surface area contributed by atoms with Crippen LogP contribution in [-0.4, -0.2) is 31.2 Å². The van der Waals surface area contributed by atoms with Gasteiger partial charge >= 0.3 is 0 Å². The quantitative estimate of drug-likeness (QED) is 0.791. The van der Waals surface area contributed by atoms with Gasteiger partial charge in [-0.15, -0.1) is 0 Å². The Morgan fingerprint density at radius 1 is 1.33 bits per heavy atom. The van der Waals surface area contributed by atoms with Crippen LogP contribution in [0.1, 0.15) is 41.8 Å². The van der Waals surface area contributed by atoms with Crippen molar-refractivity contribution in [2.75, 3.05) is 13.7 Å². The molecule has 4 aliphatic rings. The summed E-state index contributed by atoms with van der Waals surface area (Å²) in [5, 5.41) is 6.19. The molecule has 30 heavy (non-hydrogen) atoms. The number of rotatable bonds is 5. The van der Waals surface area contributed by atoms with Gasteiger partial charge in [0, 0.05) is 37.3 Å². The number of fused-ring (bicyclic) bond motifs is 3. The molecule has 4 atom stereocenters. The minimum absolute atomic E-state index is 0.0433. The first-order valence-corrected chi connectivity index (χ1v) is 10.6. The van der Waals surface area contributed by atoms with E-state index in [9.17, 15) is 9.59 Å². The van der Waals surface area contributed by atoms with Crippen LogP contribution >= 0.6 is 0 Å². The van der Waals surface area contributed by atoms with Crippen LogP contribution < -0.4 is 20.1 Å². The first kappa shape index (κ1) is 19.0. The van der Waals surface area contributed by atoms with Crippen molar-refractivity contribution in [3.63, 3.8) is 0 Å². The molecule has 2 bridgehead atoms. The number of methoxy groups -OCH3 is 1. The molecule has 3 fully saturated rings. The van der Waals surface area contributed by atoms with E-state index in [1.54, 1.807) is 31.6 Å². The Morgan fingerprint density at radius 2 is 2.23 bits per heavy atom. The van der Waals surface area contributed by atoms with Crippen molar-refractivity contribution >= 4 is 11.8 Å². The molecule has 158 valence electrons. The van der Waals surface area contributed by atoms with Crippen LogP contribution in [0.4, 0.5) is 0 Å². The third-order valence-corrected chi connectivity index (χ3v) is 6.86. The molecule has 0 saturated heterocycles. The molecular formula is C23H26N2O5. The van der Waals surface area contributed by atoms with E-state index in [0.717, 1.165) is 25.0 Å². The van der Waals surface area contributed by atoms with Crippen LogP contribution in [0.15, 0.2) is 41.0 Å². The zero-order valence-electron chi connectivity index (χ0n) is 17.0. The van der Waals surface area contributed by atoms with Crippen molar-refractivity contribution in [1.29, 1.82) is 0 Å². The molecule has 6 rings (SSSR count). The van der Waals surface area contributed by atoms with Crippen molar-refractivity contribution < 1.29 is 23.5 Å². The number of amides is 2. The van der Waals surface area contributed by atoms with Crippen LogP contribution in [0.5, 0.6) is 11.5 Å². The van der Waals surface area contributed by atoms with Gasteiger partial charge in [-0.1, -0.05) is 0 Å². The normalized spacial score (nSPS) is 29.1. The standard InChI is InChI=1S/C23H26N2O5/c1-28-17-6-7-18-20(12-17)30-23(25-22(18)27)13-14-4-5-15(23)11-19(14)21(26)24-9-8-16-3-2-10-29-16/h2-3,6-7,10,12,14-15,19H,4-5,8-9,11,13H2,1H3,(H,24,26)(H,25,27)/t14-,15+,19+,23+/m1/s1. The SMILES string of the molecule is COc1ccc2c(c1)O[C@]1(C[C@H]3CC[C@H]1C[C@@H]3C(=O)NCCc1ccco1)NC2=O. The summed E-state index contributed by atoms with van der Waals surface area (Å²) in [5.41, 5.74) is -0.209. The first-order valence-electron chi connectivity index (χ1n) is 10.6. The second-order valence-electron chi connectivity index (χ2n) is 8.51. The molecule has 2 heterocycles. The van der Waals surface area contributed by atoms with Crippen molar-refractivity contribution in [2.24, 2.45) is 17.8 Å². The van der Waals surface area contributed by atoms with Gasteiger partial charge in [0.15, 0.2) is 5.72 Å². The van der Waals surface area contributed by atoms with Gasteiger partial charge in [0.1, 0.15) is 17.3 Å². The molecule has 3 saturated carbocycles. The predicted octanol–water partition coefficient (Wildman–Crippen LogP) is 2.90. The second kappa shape index (κ2) is 7.38. The Hall–Kier alpha value is -2.96. The minimum Gasteiger partial charge on any atom is -0.497 e. The lowest BCUT2D eigenvalue weighted by Gasteiger charge is -2.55. The van der Waals surface area contributed by atoms with E-state index in [1.165, 1.54) is 0 Å². The smallest absolute Gasteiger partial charge is 0.258 e. The molecule has 3 aliphatic carbocycles. The number of carbonyl (C=O) groups excluding carboxylic acids is 2. The molecule has 0 radical (unpaired) electrons. The fourth-order valence-electron chi connectivity index (χ4n) is 5.33. The fourth-order valence-corrected chi connectivity index (χ4v) is 5.33. The summed E-state index contributed by atoms with van der Waals surface area (Å²) in [6.45, 7) is 0.561. The highest BCUT2D eigenvalue weighted by Crippen LogP contribution is 2.52. The van der Waals surface area contributed by atoms with Gasteiger partial charge in [-0.05, 0) is 49.4 Å². The monoisotopic (exact) mass is 410 g/mol. The molecule has 7 heteroatoms. The van der Waals surface area contributed by atoms with E-state index < -0.39 is 5.72 Å². The Morgan fingerprint density at radius 3 is 2.97 bits per heavy atom. The average molecular weight is 410 g/mol. The molecular weight excluding hydrogens is 384 g/mol. The molecule has 1 aromatic carbocycles. The van der Waals surface area contributed by atoms with E-state index in [4.69, 9.17) is 13.9 Å². The summed E-state index contributed by atoms with van der Waals surface area (Å²) in [6.07, 6.45) is 5.62. The van der Waals surface area contributed by atoms with Crippen LogP contribution in [0.3, 0.4) is 0 Å². The maximum Gasteiger partial charge on any atom is 0.258 e. The summed E-state index contributed by atoms with van der Waals surface area (Å²) >= 11 is 0. The third kappa shape index (κ3) is 3.22. The zero-order valence-corrected chi connectivity index (χ0v) is 17.0. The summed E-state index contributed by atoms with van der Waals surface area (Å²) in [7, 11) is 1.60. The molecule has 2 amide bonds. The molecule has 7 nitrogen and oxygen atoms in total. The zero-order chi connectivity index (χ0) is 20.7. The maximum atomic E-state index is 12.8. The summed E-state index contributed by atoms with van der Waals surface area (Å²) in [5.74, 6) is 2.31. The van der Waals surface area contributed by atoms with Crippen LogP contribution in [0.25, 0.3) is 0 Å². The lowest BCUT2D eigenvalue weighted by atomic mass is 9.60. The van der Waals surface area contributed by atoms with E-state index >= 15 is 0 Å². The Balaban J connectivity index is 1.28. The largest absolute Gasteiger partial charge is 0.497 e. The number of nitrogens with one attached hydrogen (secondary N) is 2. The Labute approximate surface area is 175 Å². The van der Waals surface area contributed by atoms with Crippen molar-refractivity contribution in [1.82, 2.24) is 10.6 Å². The first-order chi connectivity index (χ1) is 14.6. The highest BCUT2D eigenvalue weighted by molar-refractivity contribution is 5.98. The second-order valence-corrected chi connectivity index (χ2v) is 8.51. The van der Waals surface area contributed by atoms with Gasteiger partial charge in [-0.25, -0.2) is 0 Å². The van der Waals surface area contributed by atoms with Crippen LogP contribution in [-0.2, 0) is 11.2 Å². The minimum atomic E-state index is -0.732. The third-order valence-electron chi connectivity index (χ3n) is 6.86. The van der Waals surface area contributed by atoms with Gasteiger partial charge < -0.3 is 24.5 Å². The number of ether oxygens (including phenoxy) is 2. The summed E-state index contributed by atoms with van der Waals surface area (Å²) < 4.78 is 17.0. The number of hydrogen-bond acceptors (Lipinski definition) is 5. The average Bonchev–Trinajstić information content (AvgIpc) is 3.27. The number of carbonyl (C=O) groups is 2. The number of furan rings is 1. The molecule has 0 unspecified atom stereocenters. The Kier molecular flexibility index (Phi) is 4.68. The molecule has 2 aromatic rings. The van der Waals surface area contributed by atoms with Gasteiger partial charge in [0.25, 0.3) is 5.91 Å². The lowest BCUT2D eigenvalue weighted by Crippen LogP contribution is -2.67. The van der Waals surface area contributed by atoms with Crippen molar-refractivity contribution in [2.45, 2.75) is 37.8 Å². The Bertz CT molecular complexity index is 957. The molecule has 1 aromatic heterocycles. The van der Waals surface area contributed by atoms with Gasteiger partial charge in [0.05, 0.1) is 18.9 Å². The molecule has 1 spiro atoms. The van der Waals surface area contributed by atoms with Crippen molar-refractivity contribution in [3.8, 4) is 11.5 Å². The topological polar surface area (TPSA) is 89.8 Å². The van der Waals surface area contributed by atoms with Crippen LogP contribution in [0.2, 0.25) is 0 Å². The molecule has 1 aliphatic heterocycles. The highest BCUT2D eigenvalue weighted by atomic mass is 16.5. The summed E-state index contributed by atoms with van der Waals surface area (Å²) in [6, 6.07) is 9.02. The van der Waals surface area contributed by atoms with Crippen molar-refractivity contribution in [3.05, 3.63) is 47.9 Å². The molecule has 2 N–H and O–H groups in total. The van der Waals surface area contributed by atoms with Gasteiger partial charge in [-0.2, -0.15) is 0 Å². The fraction of sp³-hybridized carbons (Fsp3) is 0.478. The van der Waals surface area contributed by atoms with E-state index in [0.29, 0.717) is 36.4 Å². The van der Waals surface area contributed by atoms with Gasteiger partial charge in [0.2, 0.25) is 5.91 Å². The summed E-state index contributed by atoms with van der Waals surface area (Å²) in [4.78, 5) is 25.6. The van der Waals surface area contributed by atoms with E-state index in [-0.39, 0.29) is 29.6 Å². The van der Waals surface area contributed by atoms with Crippen LogP contribution in [0, 0.1) is 17.8 Å². The highest BCUT2D eigenvalue weighted by Gasteiger charge is 2.57. The van der Waals surface area contributed by atoms with E-state index in [2.05, 4.69) is 10.6 Å². The lowest BCUT2D eigenvalue weighted by molar-refractivity contribution is -0.146. The predicted molar refractivity (Wildman–Crippen MR) is 108 cm³/mol. The number of benzene rings is 1. The van der Waals surface area contributed by atoms with E-state index in [1.807, 2.05) is 12.1 Å². The van der Waals surface area contributed by atoms with Gasteiger partial charge in [-0.3, -0.25) is 9.59 Å².